The number of methoxy groups -OCH3 is 1. The minimum atomic E-state index is -0.444. The fourth-order valence-electron chi connectivity index (χ4n) is 3.15. The second-order valence-corrected chi connectivity index (χ2v) is 6.00. The average molecular weight is 302 g/mol. The van der Waals surface area contributed by atoms with Gasteiger partial charge in [-0.25, -0.2) is 0 Å². The van der Waals surface area contributed by atoms with Gasteiger partial charge in [0.2, 0.25) is 0 Å². The molecule has 1 atom stereocenters. The van der Waals surface area contributed by atoms with Gasteiger partial charge in [0.25, 0.3) is 0 Å². The molecule has 1 unspecified atom stereocenters. The summed E-state index contributed by atoms with van der Waals surface area (Å²) in [7, 11) is 1.78. The molecule has 0 aromatic heterocycles. The minimum absolute atomic E-state index is 0.444. The van der Waals surface area contributed by atoms with Crippen LogP contribution in [0.25, 0.3) is 11.1 Å². The highest BCUT2D eigenvalue weighted by Gasteiger charge is 2.29. The van der Waals surface area contributed by atoms with E-state index in [1.807, 2.05) is 12.1 Å². The van der Waals surface area contributed by atoms with Crippen molar-refractivity contribution in [1.29, 1.82) is 0 Å². The fraction of sp³-hybridized carbons (Fsp3) is 0.182. The maximum Gasteiger partial charge on any atom is 0.115 e. The zero-order valence-electron chi connectivity index (χ0n) is 13.9. The van der Waals surface area contributed by atoms with E-state index in [2.05, 4.69) is 80.6 Å². The third-order valence-electron chi connectivity index (χ3n) is 4.58. The Morgan fingerprint density at radius 1 is 0.739 bits per heavy atom. The topological polar surface area (TPSA) is 9.23 Å². The molecule has 0 bridgehead atoms. The van der Waals surface area contributed by atoms with Gasteiger partial charge in [-0.15, -0.1) is 0 Å². The molecule has 1 heteroatoms. The summed E-state index contributed by atoms with van der Waals surface area (Å²) in [6.45, 7) is 4.29. The number of hydrogen-bond acceptors (Lipinski definition) is 1. The summed E-state index contributed by atoms with van der Waals surface area (Å²) < 4.78 is 5.94. The van der Waals surface area contributed by atoms with Gasteiger partial charge in [-0.05, 0) is 41.7 Å². The molecular weight excluding hydrogens is 280 g/mol. The fourth-order valence-corrected chi connectivity index (χ4v) is 3.15. The molecule has 0 amide bonds. The summed E-state index contributed by atoms with van der Waals surface area (Å²) in [6.07, 6.45) is 0. The third kappa shape index (κ3) is 2.93. The molecule has 0 aliphatic rings. The van der Waals surface area contributed by atoms with Crippen molar-refractivity contribution in [2.75, 3.05) is 7.11 Å². The van der Waals surface area contributed by atoms with E-state index in [1.54, 1.807) is 7.11 Å². The van der Waals surface area contributed by atoms with Crippen LogP contribution in [0.2, 0.25) is 0 Å². The molecule has 0 aliphatic heterocycles. The van der Waals surface area contributed by atoms with E-state index in [9.17, 15) is 0 Å². The van der Waals surface area contributed by atoms with Gasteiger partial charge in [0.15, 0.2) is 0 Å². The van der Waals surface area contributed by atoms with Crippen LogP contribution in [0.1, 0.15) is 23.6 Å². The number of ether oxygens (including phenoxy) is 1. The van der Waals surface area contributed by atoms with E-state index in [-0.39, 0.29) is 0 Å². The number of aryl methyl sites for hydroxylation is 1. The first-order valence-electron chi connectivity index (χ1n) is 7.92. The second-order valence-electron chi connectivity index (χ2n) is 6.00. The van der Waals surface area contributed by atoms with E-state index in [4.69, 9.17) is 4.74 Å². The molecule has 3 aromatic rings. The quantitative estimate of drug-likeness (QED) is 0.612. The molecule has 3 rings (SSSR count). The van der Waals surface area contributed by atoms with Crippen LogP contribution < -0.4 is 0 Å². The van der Waals surface area contributed by atoms with E-state index in [1.165, 1.54) is 22.3 Å². The Labute approximate surface area is 138 Å². The maximum atomic E-state index is 5.94. The summed E-state index contributed by atoms with van der Waals surface area (Å²) in [5.74, 6) is 0. The number of hydrogen-bond donors (Lipinski definition) is 0. The van der Waals surface area contributed by atoms with Crippen LogP contribution in [0.5, 0.6) is 0 Å². The van der Waals surface area contributed by atoms with Crippen molar-refractivity contribution in [3.8, 4) is 11.1 Å². The highest BCUT2D eigenvalue weighted by Crippen LogP contribution is 2.36. The monoisotopic (exact) mass is 302 g/mol. The summed E-state index contributed by atoms with van der Waals surface area (Å²) in [5.41, 5.74) is 5.63. The zero-order valence-corrected chi connectivity index (χ0v) is 13.9. The minimum Gasteiger partial charge on any atom is -0.369 e. The molecule has 3 aromatic carbocycles. The summed E-state index contributed by atoms with van der Waals surface area (Å²) in [6, 6.07) is 27.5. The van der Waals surface area contributed by atoms with E-state index in [0.717, 1.165) is 5.56 Å². The van der Waals surface area contributed by atoms with Crippen molar-refractivity contribution in [2.24, 2.45) is 0 Å². The average Bonchev–Trinajstić information content (AvgIpc) is 2.62. The highest BCUT2D eigenvalue weighted by atomic mass is 16.5. The van der Waals surface area contributed by atoms with Gasteiger partial charge in [0.05, 0.1) is 0 Å². The Bertz CT molecular complexity index is 778. The van der Waals surface area contributed by atoms with Gasteiger partial charge in [-0.1, -0.05) is 78.9 Å². The Morgan fingerprint density at radius 2 is 1.35 bits per heavy atom. The first-order valence-corrected chi connectivity index (χ1v) is 7.92. The van der Waals surface area contributed by atoms with Crippen molar-refractivity contribution >= 4 is 0 Å². The van der Waals surface area contributed by atoms with E-state index < -0.39 is 5.60 Å². The summed E-state index contributed by atoms with van der Waals surface area (Å²) in [5, 5.41) is 0. The van der Waals surface area contributed by atoms with Gasteiger partial charge in [-0.2, -0.15) is 0 Å². The normalized spacial score (nSPS) is 13.5. The van der Waals surface area contributed by atoms with Crippen molar-refractivity contribution in [3.05, 3.63) is 95.6 Å². The van der Waals surface area contributed by atoms with Crippen molar-refractivity contribution in [1.82, 2.24) is 0 Å². The lowest BCUT2D eigenvalue weighted by molar-refractivity contribution is 0.0386. The third-order valence-corrected chi connectivity index (χ3v) is 4.58. The lowest BCUT2D eigenvalue weighted by atomic mass is 9.84. The molecule has 0 radical (unpaired) electrons. The molecule has 0 spiro atoms. The standard InChI is InChI=1S/C22H22O/c1-17-16-19(18-10-6-4-7-11-18)14-15-21(17)22(2,23-3)20-12-8-5-9-13-20/h4-16H,1-3H3. The Morgan fingerprint density at radius 3 is 1.91 bits per heavy atom. The Kier molecular flexibility index (Phi) is 4.31. The molecule has 0 fully saturated rings. The zero-order chi connectivity index (χ0) is 16.3. The molecule has 0 heterocycles. The summed E-state index contributed by atoms with van der Waals surface area (Å²) >= 11 is 0. The Balaban J connectivity index is 2.06. The highest BCUT2D eigenvalue weighted by molar-refractivity contribution is 5.65. The van der Waals surface area contributed by atoms with Crippen LogP contribution in [0.15, 0.2) is 78.9 Å². The van der Waals surface area contributed by atoms with Crippen LogP contribution in [-0.2, 0) is 10.3 Å². The molecule has 0 aliphatic carbocycles. The van der Waals surface area contributed by atoms with Crippen LogP contribution in [0.4, 0.5) is 0 Å². The molecule has 0 saturated heterocycles. The smallest absolute Gasteiger partial charge is 0.115 e. The van der Waals surface area contributed by atoms with Gasteiger partial charge in [0, 0.05) is 7.11 Å². The van der Waals surface area contributed by atoms with Crippen molar-refractivity contribution in [2.45, 2.75) is 19.4 Å². The van der Waals surface area contributed by atoms with Crippen molar-refractivity contribution < 1.29 is 4.74 Å². The first kappa shape index (κ1) is 15.5. The Hall–Kier alpha value is -2.38. The van der Waals surface area contributed by atoms with Gasteiger partial charge < -0.3 is 4.74 Å². The predicted molar refractivity (Wildman–Crippen MR) is 96.5 cm³/mol. The van der Waals surface area contributed by atoms with Crippen molar-refractivity contribution in [3.63, 3.8) is 0 Å². The SMILES string of the molecule is COC(C)(c1ccccc1)c1ccc(-c2ccccc2)cc1C. The lowest BCUT2D eigenvalue weighted by Gasteiger charge is -2.31. The van der Waals surface area contributed by atoms with Gasteiger partial charge in [0.1, 0.15) is 5.60 Å². The molecule has 0 saturated carbocycles. The van der Waals surface area contributed by atoms with Crippen LogP contribution in [-0.4, -0.2) is 7.11 Å². The van der Waals surface area contributed by atoms with Crippen LogP contribution >= 0.6 is 0 Å². The molecule has 0 N–H and O–H groups in total. The largest absolute Gasteiger partial charge is 0.369 e. The van der Waals surface area contributed by atoms with E-state index in [0.29, 0.717) is 0 Å². The molecule has 1 nitrogen and oxygen atoms in total. The molecule has 116 valence electrons. The summed E-state index contributed by atoms with van der Waals surface area (Å²) in [4.78, 5) is 0. The predicted octanol–water partition coefficient (Wildman–Crippen LogP) is 5.57. The van der Waals surface area contributed by atoms with Crippen LogP contribution in [0, 0.1) is 6.92 Å². The maximum absolute atomic E-state index is 5.94. The number of benzene rings is 3. The molecule has 23 heavy (non-hydrogen) atoms. The van der Waals surface area contributed by atoms with Gasteiger partial charge in [-0.3, -0.25) is 0 Å². The van der Waals surface area contributed by atoms with Crippen LogP contribution in [0.3, 0.4) is 0 Å². The lowest BCUT2D eigenvalue weighted by Crippen LogP contribution is -2.27. The number of rotatable bonds is 4. The second kappa shape index (κ2) is 6.39. The molecular formula is C22H22O. The van der Waals surface area contributed by atoms with E-state index >= 15 is 0 Å². The first-order chi connectivity index (χ1) is 11.1. The van der Waals surface area contributed by atoms with Gasteiger partial charge >= 0.3 is 0 Å².